The van der Waals surface area contributed by atoms with Crippen molar-refractivity contribution in [1.29, 1.82) is 0 Å². The van der Waals surface area contributed by atoms with Crippen LogP contribution >= 0.6 is 23.1 Å². The number of aryl methyl sites for hydroxylation is 2. The summed E-state index contributed by atoms with van der Waals surface area (Å²) < 4.78 is 6.13. The Labute approximate surface area is 179 Å². The van der Waals surface area contributed by atoms with Crippen molar-refractivity contribution in [3.8, 4) is 11.5 Å². The summed E-state index contributed by atoms with van der Waals surface area (Å²) in [4.78, 5) is 10.2. The molecule has 0 unspecified atom stereocenters. The van der Waals surface area contributed by atoms with Gasteiger partial charge in [-0.05, 0) is 37.1 Å². The third kappa shape index (κ3) is 5.59. The zero-order valence-corrected chi connectivity index (χ0v) is 17.7. The van der Waals surface area contributed by atoms with E-state index in [4.69, 9.17) is 4.74 Å². The van der Waals surface area contributed by atoms with Crippen molar-refractivity contribution in [3.63, 3.8) is 0 Å². The molecule has 6 heteroatoms. The predicted octanol–water partition coefficient (Wildman–Crippen LogP) is 6.72. The van der Waals surface area contributed by atoms with Crippen LogP contribution in [0.4, 0.5) is 10.9 Å². The molecular weight excluding hydrogens is 398 g/mol. The van der Waals surface area contributed by atoms with Crippen molar-refractivity contribution in [2.75, 3.05) is 11.1 Å². The number of thiazole rings is 1. The maximum atomic E-state index is 6.13. The lowest BCUT2D eigenvalue weighted by Crippen LogP contribution is -1.98. The lowest BCUT2D eigenvalue weighted by atomic mass is 10.2. The number of nitrogens with one attached hydrogen (secondary N) is 1. The molecule has 4 aromatic rings. The summed E-state index contributed by atoms with van der Waals surface area (Å²) in [6.07, 6.45) is 2.90. The van der Waals surface area contributed by atoms with Gasteiger partial charge in [-0.1, -0.05) is 48.5 Å². The monoisotopic (exact) mass is 419 g/mol. The van der Waals surface area contributed by atoms with E-state index in [0.717, 1.165) is 33.6 Å². The first-order valence-electron chi connectivity index (χ1n) is 9.35. The van der Waals surface area contributed by atoms with Crippen LogP contribution in [-0.2, 0) is 6.42 Å². The van der Waals surface area contributed by atoms with Gasteiger partial charge >= 0.3 is 0 Å². The second-order valence-corrected chi connectivity index (χ2v) is 8.46. The van der Waals surface area contributed by atoms with Crippen molar-refractivity contribution in [1.82, 2.24) is 9.97 Å². The lowest BCUT2D eigenvalue weighted by molar-refractivity contribution is 0.481. The molecule has 2 aromatic carbocycles. The molecule has 2 aromatic heterocycles. The number of benzene rings is 2. The van der Waals surface area contributed by atoms with Gasteiger partial charge in [0.05, 0.1) is 5.69 Å². The molecule has 0 fully saturated rings. The zero-order valence-electron chi connectivity index (χ0n) is 16.0. The second kappa shape index (κ2) is 9.58. The minimum Gasteiger partial charge on any atom is -0.453 e. The molecule has 29 heavy (non-hydrogen) atoms. The van der Waals surface area contributed by atoms with Gasteiger partial charge in [-0.2, -0.15) is 0 Å². The Morgan fingerprint density at radius 1 is 1.03 bits per heavy atom. The predicted molar refractivity (Wildman–Crippen MR) is 122 cm³/mol. The standard InChI is InChI=1S/C23H21N3OS2/c1-17-16-29-23(25-17)26-22-21(27-19-10-6-3-7-11-19)14-20(15-24-22)28-13-12-18-8-4-2-5-9-18/h2-11,14-16H,12-13H2,1H3,(H,24,25,26). The Morgan fingerprint density at radius 2 is 1.79 bits per heavy atom. The lowest BCUT2D eigenvalue weighted by Gasteiger charge is -2.12. The van der Waals surface area contributed by atoms with Crippen LogP contribution in [0.2, 0.25) is 0 Å². The number of para-hydroxylation sites is 1. The quantitative estimate of drug-likeness (QED) is 0.321. The number of aromatic nitrogens is 2. The van der Waals surface area contributed by atoms with Crippen LogP contribution in [0.3, 0.4) is 0 Å². The van der Waals surface area contributed by atoms with Gasteiger partial charge in [-0.3, -0.25) is 0 Å². The van der Waals surface area contributed by atoms with Crippen molar-refractivity contribution in [3.05, 3.63) is 89.6 Å². The number of pyridine rings is 1. The fraction of sp³-hybridized carbons (Fsp3) is 0.130. The van der Waals surface area contributed by atoms with Crippen LogP contribution in [-0.4, -0.2) is 15.7 Å². The van der Waals surface area contributed by atoms with Gasteiger partial charge in [0, 0.05) is 22.2 Å². The Bertz CT molecular complexity index is 1050. The van der Waals surface area contributed by atoms with Gasteiger partial charge in [0.25, 0.3) is 0 Å². The Hall–Kier alpha value is -2.83. The maximum Gasteiger partial charge on any atom is 0.188 e. The van der Waals surface area contributed by atoms with Gasteiger partial charge < -0.3 is 10.1 Å². The van der Waals surface area contributed by atoms with Crippen molar-refractivity contribution >= 4 is 34.0 Å². The highest BCUT2D eigenvalue weighted by molar-refractivity contribution is 7.99. The highest BCUT2D eigenvalue weighted by atomic mass is 32.2. The molecule has 0 aliphatic carbocycles. The summed E-state index contributed by atoms with van der Waals surface area (Å²) in [6, 6.07) is 22.3. The van der Waals surface area contributed by atoms with Crippen LogP contribution in [0, 0.1) is 6.92 Å². The maximum absolute atomic E-state index is 6.13. The average Bonchev–Trinajstić information content (AvgIpc) is 3.16. The summed E-state index contributed by atoms with van der Waals surface area (Å²) in [5.74, 6) is 3.11. The van der Waals surface area contributed by atoms with Gasteiger partial charge in [0.2, 0.25) is 0 Å². The topological polar surface area (TPSA) is 47.0 Å². The fourth-order valence-electron chi connectivity index (χ4n) is 2.74. The number of hydrogen-bond acceptors (Lipinski definition) is 6. The van der Waals surface area contributed by atoms with Crippen molar-refractivity contribution in [2.24, 2.45) is 0 Å². The van der Waals surface area contributed by atoms with Gasteiger partial charge in [-0.15, -0.1) is 23.1 Å². The minimum atomic E-state index is 0.663. The fourth-order valence-corrected chi connectivity index (χ4v) is 4.32. The van der Waals surface area contributed by atoms with E-state index in [9.17, 15) is 0 Å². The number of nitrogens with zero attached hydrogens (tertiary/aromatic N) is 2. The van der Waals surface area contributed by atoms with Gasteiger partial charge in [0.1, 0.15) is 5.75 Å². The molecule has 0 saturated heterocycles. The largest absolute Gasteiger partial charge is 0.453 e. The number of rotatable bonds is 8. The molecule has 0 aliphatic heterocycles. The van der Waals surface area contributed by atoms with E-state index in [-0.39, 0.29) is 0 Å². The first-order chi connectivity index (χ1) is 14.3. The first-order valence-corrected chi connectivity index (χ1v) is 11.2. The molecule has 0 aliphatic rings. The number of ether oxygens (including phenoxy) is 1. The van der Waals surface area contributed by atoms with Crippen LogP contribution in [0.5, 0.6) is 11.5 Å². The molecule has 4 nitrogen and oxygen atoms in total. The first kappa shape index (κ1) is 19.5. The smallest absolute Gasteiger partial charge is 0.188 e. The molecule has 0 saturated carbocycles. The molecule has 0 spiro atoms. The van der Waals surface area contributed by atoms with Crippen LogP contribution < -0.4 is 10.1 Å². The molecule has 0 bridgehead atoms. The molecule has 0 atom stereocenters. The minimum absolute atomic E-state index is 0.663. The molecule has 146 valence electrons. The van der Waals surface area contributed by atoms with Crippen LogP contribution in [0.1, 0.15) is 11.3 Å². The Balaban J connectivity index is 1.51. The normalized spacial score (nSPS) is 10.7. The average molecular weight is 420 g/mol. The third-order valence-corrected chi connectivity index (χ3v) is 5.99. The van der Waals surface area contributed by atoms with E-state index in [1.54, 1.807) is 23.1 Å². The van der Waals surface area contributed by atoms with E-state index in [0.29, 0.717) is 11.6 Å². The SMILES string of the molecule is Cc1csc(Nc2ncc(SCCc3ccccc3)cc2Oc2ccccc2)n1. The summed E-state index contributed by atoms with van der Waals surface area (Å²) >= 11 is 3.33. The van der Waals surface area contributed by atoms with E-state index in [1.807, 2.05) is 61.0 Å². The molecular formula is C23H21N3OS2. The van der Waals surface area contributed by atoms with Gasteiger partial charge in [-0.25, -0.2) is 9.97 Å². The number of thioether (sulfide) groups is 1. The third-order valence-electron chi connectivity index (χ3n) is 4.15. The van der Waals surface area contributed by atoms with E-state index >= 15 is 0 Å². The van der Waals surface area contributed by atoms with E-state index < -0.39 is 0 Å². The summed E-state index contributed by atoms with van der Waals surface area (Å²) in [6.45, 7) is 1.98. The van der Waals surface area contributed by atoms with E-state index in [2.05, 4.69) is 39.6 Å². The molecule has 4 rings (SSSR count). The summed E-state index contributed by atoms with van der Waals surface area (Å²) in [7, 11) is 0. The van der Waals surface area contributed by atoms with Crippen molar-refractivity contribution < 1.29 is 4.74 Å². The molecule has 2 heterocycles. The molecule has 1 N–H and O–H groups in total. The summed E-state index contributed by atoms with van der Waals surface area (Å²) in [5.41, 5.74) is 2.32. The highest BCUT2D eigenvalue weighted by Gasteiger charge is 2.11. The summed E-state index contributed by atoms with van der Waals surface area (Å²) in [5, 5.41) is 6.10. The number of anilines is 2. The molecule has 0 amide bonds. The zero-order chi connectivity index (χ0) is 19.9. The van der Waals surface area contributed by atoms with Crippen LogP contribution in [0.15, 0.2) is 83.2 Å². The Morgan fingerprint density at radius 3 is 2.52 bits per heavy atom. The highest BCUT2D eigenvalue weighted by Crippen LogP contribution is 2.34. The van der Waals surface area contributed by atoms with E-state index in [1.165, 1.54) is 5.56 Å². The van der Waals surface area contributed by atoms with Crippen LogP contribution in [0.25, 0.3) is 0 Å². The number of hydrogen-bond donors (Lipinski definition) is 1. The Kier molecular flexibility index (Phi) is 6.44. The molecule has 0 radical (unpaired) electrons. The van der Waals surface area contributed by atoms with Gasteiger partial charge in [0.15, 0.2) is 16.7 Å². The second-order valence-electron chi connectivity index (χ2n) is 6.44. The van der Waals surface area contributed by atoms with Crippen molar-refractivity contribution in [2.45, 2.75) is 18.2 Å².